The molecule has 9 nitrogen and oxygen atoms in total. The van der Waals surface area contributed by atoms with E-state index in [2.05, 4.69) is 4.98 Å². The van der Waals surface area contributed by atoms with Gasteiger partial charge in [0.25, 0.3) is 5.56 Å². The number of aryl methyl sites for hydroxylation is 1. The number of piperidine rings is 1. The summed E-state index contributed by atoms with van der Waals surface area (Å²) in [5.74, 6) is -0.809. The molecular weight excluding hydrogens is 300 g/mol. The second-order valence-electron chi connectivity index (χ2n) is 4.94. The average molecular weight is 316 g/mol. The first kappa shape index (κ1) is 15.4. The quantitative estimate of drug-likeness (QED) is 0.605. The Labute approximate surface area is 120 Å². The summed E-state index contributed by atoms with van der Waals surface area (Å²) >= 11 is 0. The molecule has 1 aromatic heterocycles. The number of aromatic amines is 2. The molecule has 1 aliphatic heterocycles. The molecule has 1 aromatic rings. The largest absolute Gasteiger partial charge is 0.369 e. The number of hydrogen-bond donors (Lipinski definition) is 3. The first-order valence-corrected chi connectivity index (χ1v) is 7.80. The first-order valence-electron chi connectivity index (χ1n) is 6.36. The highest BCUT2D eigenvalue weighted by atomic mass is 32.2. The van der Waals surface area contributed by atoms with Gasteiger partial charge in [-0.3, -0.25) is 14.6 Å². The normalized spacial score (nSPS) is 17.8. The van der Waals surface area contributed by atoms with Crippen LogP contribution < -0.4 is 17.0 Å². The van der Waals surface area contributed by atoms with Gasteiger partial charge in [0.05, 0.1) is 0 Å². The Kier molecular flexibility index (Phi) is 4.01. The number of primary amides is 1. The SMILES string of the molecule is Cc1[nH]c(=O)[nH]c(=O)c1S(=O)(=O)N1CCC(C(N)=O)CC1. The zero-order valence-corrected chi connectivity index (χ0v) is 12.2. The smallest absolute Gasteiger partial charge is 0.325 e. The van der Waals surface area contributed by atoms with Crippen LogP contribution in [0.2, 0.25) is 0 Å². The van der Waals surface area contributed by atoms with E-state index in [1.165, 1.54) is 6.92 Å². The Morgan fingerprint density at radius 3 is 2.29 bits per heavy atom. The molecule has 4 N–H and O–H groups in total. The van der Waals surface area contributed by atoms with Crippen molar-refractivity contribution < 1.29 is 13.2 Å². The van der Waals surface area contributed by atoms with Gasteiger partial charge in [-0.05, 0) is 19.8 Å². The van der Waals surface area contributed by atoms with E-state index in [9.17, 15) is 22.8 Å². The molecular formula is C11H16N4O5S. The zero-order chi connectivity index (χ0) is 15.8. The summed E-state index contributed by atoms with van der Waals surface area (Å²) < 4.78 is 26.1. The standard InChI is InChI=1S/C11H16N4O5S/c1-6-8(10(17)14-11(18)13-6)21(19,20)15-4-2-7(3-5-15)9(12)16/h7H,2-5H2,1H3,(H2,12,16)(H2,13,14,17,18). The minimum atomic E-state index is -4.02. The van der Waals surface area contributed by atoms with Crippen molar-refractivity contribution in [3.8, 4) is 0 Å². The maximum Gasteiger partial charge on any atom is 0.325 e. The highest BCUT2D eigenvalue weighted by Crippen LogP contribution is 2.22. The predicted octanol–water partition coefficient (Wildman–Crippen LogP) is -1.74. The Morgan fingerprint density at radius 1 is 1.24 bits per heavy atom. The van der Waals surface area contributed by atoms with Crippen LogP contribution in [0.15, 0.2) is 14.5 Å². The fourth-order valence-electron chi connectivity index (χ4n) is 2.41. The van der Waals surface area contributed by atoms with E-state index in [1.807, 2.05) is 4.98 Å². The van der Waals surface area contributed by atoms with Crippen LogP contribution >= 0.6 is 0 Å². The van der Waals surface area contributed by atoms with E-state index >= 15 is 0 Å². The van der Waals surface area contributed by atoms with Crippen molar-refractivity contribution in [1.29, 1.82) is 0 Å². The Hall–Kier alpha value is -1.94. The van der Waals surface area contributed by atoms with Gasteiger partial charge in [-0.15, -0.1) is 0 Å². The number of hydrogen-bond acceptors (Lipinski definition) is 5. The van der Waals surface area contributed by atoms with Gasteiger partial charge in [0.1, 0.15) is 0 Å². The monoisotopic (exact) mass is 316 g/mol. The fourth-order valence-corrected chi connectivity index (χ4v) is 4.08. The van der Waals surface area contributed by atoms with Crippen LogP contribution in [0.5, 0.6) is 0 Å². The topological polar surface area (TPSA) is 146 Å². The van der Waals surface area contributed by atoms with Crippen LogP contribution in [0.3, 0.4) is 0 Å². The highest BCUT2D eigenvalue weighted by molar-refractivity contribution is 7.89. The molecule has 0 aromatic carbocycles. The average Bonchev–Trinajstić information content (AvgIpc) is 2.37. The summed E-state index contributed by atoms with van der Waals surface area (Å²) in [5.41, 5.74) is 3.47. The second-order valence-corrected chi connectivity index (χ2v) is 6.82. The molecule has 0 atom stereocenters. The van der Waals surface area contributed by atoms with Gasteiger partial charge >= 0.3 is 5.69 Å². The maximum atomic E-state index is 12.5. The lowest BCUT2D eigenvalue weighted by molar-refractivity contribution is -0.122. The molecule has 0 radical (unpaired) electrons. The molecule has 0 aliphatic carbocycles. The minimum absolute atomic E-state index is 0.0132. The van der Waals surface area contributed by atoms with Crippen molar-refractivity contribution in [1.82, 2.24) is 14.3 Å². The molecule has 2 rings (SSSR count). The summed E-state index contributed by atoms with van der Waals surface area (Å²) in [5, 5.41) is 0. The number of amides is 1. The molecule has 1 amide bonds. The van der Waals surface area contributed by atoms with E-state index in [1.54, 1.807) is 0 Å². The van der Waals surface area contributed by atoms with Crippen molar-refractivity contribution >= 4 is 15.9 Å². The van der Waals surface area contributed by atoms with Gasteiger partial charge in [0.15, 0.2) is 4.90 Å². The van der Waals surface area contributed by atoms with Gasteiger partial charge in [0.2, 0.25) is 15.9 Å². The third-order valence-corrected chi connectivity index (χ3v) is 5.58. The Bertz CT molecular complexity index is 771. The summed E-state index contributed by atoms with van der Waals surface area (Å²) in [6, 6.07) is 0. The number of H-pyrrole nitrogens is 2. The second kappa shape index (κ2) is 5.45. The number of nitrogens with zero attached hydrogens (tertiary/aromatic N) is 1. The molecule has 10 heteroatoms. The third kappa shape index (κ3) is 2.90. The van der Waals surface area contributed by atoms with E-state index in [0.29, 0.717) is 12.8 Å². The minimum Gasteiger partial charge on any atom is -0.369 e. The van der Waals surface area contributed by atoms with E-state index < -0.39 is 32.1 Å². The number of nitrogens with two attached hydrogens (primary N) is 1. The molecule has 0 unspecified atom stereocenters. The molecule has 0 spiro atoms. The van der Waals surface area contributed by atoms with Gasteiger partial charge in [-0.2, -0.15) is 4.31 Å². The van der Waals surface area contributed by atoms with Crippen LogP contribution in [0.4, 0.5) is 0 Å². The van der Waals surface area contributed by atoms with Crippen molar-refractivity contribution in [2.75, 3.05) is 13.1 Å². The lowest BCUT2D eigenvalue weighted by Crippen LogP contribution is -2.44. The van der Waals surface area contributed by atoms with Gasteiger partial charge < -0.3 is 10.7 Å². The van der Waals surface area contributed by atoms with Crippen LogP contribution in [-0.4, -0.2) is 41.7 Å². The number of sulfonamides is 1. The summed E-state index contributed by atoms with van der Waals surface area (Å²) in [6.07, 6.45) is 0.629. The maximum absolute atomic E-state index is 12.5. The number of carbonyl (C=O) groups is 1. The molecule has 116 valence electrons. The number of carbonyl (C=O) groups excluding carboxylic acids is 1. The van der Waals surface area contributed by atoms with E-state index in [0.717, 1.165) is 4.31 Å². The summed E-state index contributed by atoms with van der Waals surface area (Å²) in [7, 11) is -4.02. The number of nitrogens with one attached hydrogen (secondary N) is 2. The van der Waals surface area contributed by atoms with Crippen LogP contribution in [-0.2, 0) is 14.8 Å². The summed E-state index contributed by atoms with van der Waals surface area (Å²) in [6.45, 7) is 1.56. The Morgan fingerprint density at radius 2 is 1.81 bits per heavy atom. The number of rotatable bonds is 3. The van der Waals surface area contributed by atoms with Crippen LogP contribution in [0, 0.1) is 12.8 Å². The van der Waals surface area contributed by atoms with Crippen LogP contribution in [0.25, 0.3) is 0 Å². The van der Waals surface area contributed by atoms with E-state index in [-0.39, 0.29) is 24.7 Å². The summed E-state index contributed by atoms with van der Waals surface area (Å²) in [4.78, 5) is 37.7. The highest BCUT2D eigenvalue weighted by Gasteiger charge is 2.34. The van der Waals surface area contributed by atoms with Crippen molar-refractivity contribution in [2.45, 2.75) is 24.7 Å². The van der Waals surface area contributed by atoms with Gasteiger partial charge in [-0.25, -0.2) is 13.2 Å². The zero-order valence-electron chi connectivity index (χ0n) is 11.4. The number of aromatic nitrogens is 2. The van der Waals surface area contributed by atoms with Crippen molar-refractivity contribution in [3.05, 3.63) is 26.5 Å². The van der Waals surface area contributed by atoms with Gasteiger partial charge in [0, 0.05) is 24.7 Å². The third-order valence-electron chi connectivity index (χ3n) is 3.53. The first-order chi connectivity index (χ1) is 9.73. The van der Waals surface area contributed by atoms with E-state index in [4.69, 9.17) is 5.73 Å². The fraction of sp³-hybridized carbons (Fsp3) is 0.545. The Balaban J connectivity index is 2.35. The lowest BCUT2D eigenvalue weighted by Gasteiger charge is -2.29. The molecule has 0 bridgehead atoms. The lowest BCUT2D eigenvalue weighted by atomic mass is 9.98. The molecule has 1 fully saturated rings. The molecule has 0 saturated carbocycles. The molecule has 2 heterocycles. The van der Waals surface area contributed by atoms with Gasteiger partial charge in [-0.1, -0.05) is 0 Å². The molecule has 1 aliphatic rings. The molecule has 21 heavy (non-hydrogen) atoms. The molecule has 1 saturated heterocycles. The predicted molar refractivity (Wildman–Crippen MR) is 73.1 cm³/mol. The van der Waals surface area contributed by atoms with Crippen molar-refractivity contribution in [3.63, 3.8) is 0 Å². The van der Waals surface area contributed by atoms with Crippen molar-refractivity contribution in [2.24, 2.45) is 11.7 Å². The van der Waals surface area contributed by atoms with Crippen LogP contribution in [0.1, 0.15) is 18.5 Å².